The van der Waals surface area contributed by atoms with Gasteiger partial charge in [0.05, 0.1) is 23.4 Å². The summed E-state index contributed by atoms with van der Waals surface area (Å²) in [6.07, 6.45) is -0.0389. The van der Waals surface area contributed by atoms with Crippen LogP contribution >= 0.6 is 11.6 Å². The maximum atomic E-state index is 11.8. The SMILES string of the molecule is CCC1C(=O)NC(=O)CN1c1ccc([C@H](C)O)cc1Cl. The second-order valence-corrected chi connectivity index (χ2v) is 5.26. The molecule has 0 aliphatic carbocycles. The maximum Gasteiger partial charge on any atom is 0.249 e. The lowest BCUT2D eigenvalue weighted by molar-refractivity contribution is -0.132. The van der Waals surface area contributed by atoms with Crippen LogP contribution in [0.1, 0.15) is 31.9 Å². The smallest absolute Gasteiger partial charge is 0.249 e. The highest BCUT2D eigenvalue weighted by Crippen LogP contribution is 2.31. The number of nitrogens with zero attached hydrogens (tertiary/aromatic N) is 1. The summed E-state index contributed by atoms with van der Waals surface area (Å²) >= 11 is 6.23. The van der Waals surface area contributed by atoms with E-state index in [0.29, 0.717) is 22.7 Å². The van der Waals surface area contributed by atoms with Crippen LogP contribution in [0.15, 0.2) is 18.2 Å². The van der Waals surface area contributed by atoms with E-state index in [1.165, 1.54) is 0 Å². The second kappa shape index (κ2) is 5.81. The molecule has 6 heteroatoms. The van der Waals surface area contributed by atoms with E-state index in [0.717, 1.165) is 0 Å². The molecule has 0 saturated carbocycles. The van der Waals surface area contributed by atoms with E-state index in [4.69, 9.17) is 11.6 Å². The number of rotatable bonds is 3. The van der Waals surface area contributed by atoms with E-state index < -0.39 is 12.1 Å². The topological polar surface area (TPSA) is 69.6 Å². The summed E-state index contributed by atoms with van der Waals surface area (Å²) in [7, 11) is 0. The van der Waals surface area contributed by atoms with Crippen LogP contribution in [0.4, 0.5) is 5.69 Å². The zero-order valence-electron chi connectivity index (χ0n) is 11.4. The monoisotopic (exact) mass is 296 g/mol. The molecule has 1 aliphatic heterocycles. The summed E-state index contributed by atoms with van der Waals surface area (Å²) < 4.78 is 0. The number of amides is 2. The lowest BCUT2D eigenvalue weighted by Crippen LogP contribution is -2.58. The molecule has 5 nitrogen and oxygen atoms in total. The van der Waals surface area contributed by atoms with Crippen molar-refractivity contribution in [3.05, 3.63) is 28.8 Å². The number of piperazine rings is 1. The molecular weight excluding hydrogens is 280 g/mol. The highest BCUT2D eigenvalue weighted by Gasteiger charge is 2.33. The minimum atomic E-state index is -0.616. The summed E-state index contributed by atoms with van der Waals surface area (Å²) in [6, 6.07) is 4.72. The molecule has 0 bridgehead atoms. The number of hydrogen-bond acceptors (Lipinski definition) is 4. The third-order valence-corrected chi connectivity index (χ3v) is 3.71. The minimum absolute atomic E-state index is 0.0952. The van der Waals surface area contributed by atoms with Gasteiger partial charge < -0.3 is 10.0 Å². The summed E-state index contributed by atoms with van der Waals surface area (Å²) in [5, 5.41) is 12.3. The van der Waals surface area contributed by atoms with Gasteiger partial charge in [-0.25, -0.2) is 0 Å². The molecule has 108 valence electrons. The Balaban J connectivity index is 2.38. The Morgan fingerprint density at radius 3 is 2.75 bits per heavy atom. The van der Waals surface area contributed by atoms with Crippen LogP contribution in [0, 0.1) is 0 Å². The van der Waals surface area contributed by atoms with E-state index >= 15 is 0 Å². The van der Waals surface area contributed by atoms with Crippen LogP contribution in [0.5, 0.6) is 0 Å². The predicted molar refractivity (Wildman–Crippen MR) is 76.7 cm³/mol. The third-order valence-electron chi connectivity index (χ3n) is 3.41. The third kappa shape index (κ3) is 2.78. The van der Waals surface area contributed by atoms with Crippen LogP contribution in [0.3, 0.4) is 0 Å². The highest BCUT2D eigenvalue weighted by atomic mass is 35.5. The van der Waals surface area contributed by atoms with Crippen molar-refractivity contribution in [2.24, 2.45) is 0 Å². The van der Waals surface area contributed by atoms with Gasteiger partial charge in [-0.3, -0.25) is 14.9 Å². The van der Waals surface area contributed by atoms with Crippen molar-refractivity contribution in [3.63, 3.8) is 0 Å². The summed E-state index contributed by atoms with van der Waals surface area (Å²) in [5.41, 5.74) is 1.32. The Morgan fingerprint density at radius 2 is 2.20 bits per heavy atom. The molecule has 1 aromatic rings. The predicted octanol–water partition coefficient (Wildman–Crippen LogP) is 1.63. The molecule has 2 rings (SSSR count). The first-order valence-electron chi connectivity index (χ1n) is 6.52. The fraction of sp³-hybridized carbons (Fsp3) is 0.429. The van der Waals surface area contributed by atoms with Crippen LogP contribution in [0.2, 0.25) is 5.02 Å². The largest absolute Gasteiger partial charge is 0.389 e. The van der Waals surface area contributed by atoms with Gasteiger partial charge in [-0.1, -0.05) is 24.6 Å². The van der Waals surface area contributed by atoms with Gasteiger partial charge >= 0.3 is 0 Å². The number of imide groups is 1. The Bertz CT molecular complexity index is 545. The number of anilines is 1. The first-order chi connectivity index (χ1) is 9.43. The van der Waals surface area contributed by atoms with Crippen molar-refractivity contribution < 1.29 is 14.7 Å². The van der Waals surface area contributed by atoms with Gasteiger partial charge in [0, 0.05) is 0 Å². The van der Waals surface area contributed by atoms with Gasteiger partial charge in [-0.2, -0.15) is 0 Å². The quantitative estimate of drug-likeness (QED) is 0.832. The van der Waals surface area contributed by atoms with E-state index in [1.807, 2.05) is 6.92 Å². The Morgan fingerprint density at radius 1 is 1.50 bits per heavy atom. The number of carbonyl (C=O) groups excluding carboxylic acids is 2. The van der Waals surface area contributed by atoms with Crippen molar-refractivity contribution in [1.29, 1.82) is 0 Å². The summed E-state index contributed by atoms with van der Waals surface area (Å²) in [5.74, 6) is -0.644. The number of benzene rings is 1. The van der Waals surface area contributed by atoms with Gasteiger partial charge in [-0.15, -0.1) is 0 Å². The van der Waals surface area contributed by atoms with Crippen molar-refractivity contribution in [1.82, 2.24) is 5.32 Å². The first kappa shape index (κ1) is 14.8. The second-order valence-electron chi connectivity index (χ2n) is 4.85. The Kier molecular flexibility index (Phi) is 4.30. The number of nitrogens with one attached hydrogen (secondary N) is 1. The van der Waals surface area contributed by atoms with Crippen molar-refractivity contribution in [3.8, 4) is 0 Å². The lowest BCUT2D eigenvalue weighted by Gasteiger charge is -2.35. The van der Waals surface area contributed by atoms with E-state index in [-0.39, 0.29) is 18.4 Å². The Hall–Kier alpha value is -1.59. The van der Waals surface area contributed by atoms with Crippen LogP contribution in [-0.2, 0) is 9.59 Å². The van der Waals surface area contributed by atoms with Crippen molar-refractivity contribution in [2.45, 2.75) is 32.4 Å². The van der Waals surface area contributed by atoms with Gasteiger partial charge in [0.1, 0.15) is 6.04 Å². The average molecular weight is 297 g/mol. The standard InChI is InChI=1S/C14H17ClN2O3/c1-3-11-14(20)16-13(19)7-17(11)12-5-4-9(8(2)18)6-10(12)15/h4-6,8,11,18H,3,7H2,1-2H3,(H,16,19,20)/t8-,11?/m0/s1. The molecule has 0 spiro atoms. The molecular formula is C14H17ClN2O3. The zero-order valence-corrected chi connectivity index (χ0v) is 12.1. The molecule has 2 amide bonds. The molecule has 0 aromatic heterocycles. The number of hydrogen-bond donors (Lipinski definition) is 2. The van der Waals surface area contributed by atoms with Crippen LogP contribution < -0.4 is 10.2 Å². The number of aliphatic hydroxyl groups excluding tert-OH is 1. The van der Waals surface area contributed by atoms with Gasteiger partial charge in [-0.05, 0) is 31.0 Å². The summed E-state index contributed by atoms with van der Waals surface area (Å²) in [4.78, 5) is 25.1. The fourth-order valence-electron chi connectivity index (χ4n) is 2.34. The number of aliphatic hydroxyl groups is 1. The molecule has 20 heavy (non-hydrogen) atoms. The molecule has 1 aromatic carbocycles. The molecule has 1 heterocycles. The minimum Gasteiger partial charge on any atom is -0.389 e. The van der Waals surface area contributed by atoms with Crippen molar-refractivity contribution >= 4 is 29.1 Å². The molecule has 2 atom stereocenters. The number of carbonyl (C=O) groups is 2. The lowest BCUT2D eigenvalue weighted by atomic mass is 10.1. The molecule has 1 unspecified atom stereocenters. The van der Waals surface area contributed by atoms with E-state index in [9.17, 15) is 14.7 Å². The normalized spacial score (nSPS) is 20.8. The highest BCUT2D eigenvalue weighted by molar-refractivity contribution is 6.33. The molecule has 1 fully saturated rings. The molecule has 1 aliphatic rings. The summed E-state index contributed by atoms with van der Waals surface area (Å²) in [6.45, 7) is 3.63. The van der Waals surface area contributed by atoms with Gasteiger partial charge in [0.25, 0.3) is 0 Å². The molecule has 0 radical (unpaired) electrons. The van der Waals surface area contributed by atoms with E-state index in [2.05, 4.69) is 5.32 Å². The van der Waals surface area contributed by atoms with E-state index in [1.54, 1.807) is 30.0 Å². The van der Waals surface area contributed by atoms with Gasteiger partial charge in [0.15, 0.2) is 0 Å². The zero-order chi connectivity index (χ0) is 14.9. The Labute approximate surface area is 122 Å². The average Bonchev–Trinajstić information content (AvgIpc) is 2.37. The van der Waals surface area contributed by atoms with Gasteiger partial charge in [0.2, 0.25) is 11.8 Å². The molecule has 2 N–H and O–H groups in total. The first-order valence-corrected chi connectivity index (χ1v) is 6.89. The maximum absolute atomic E-state index is 11.8. The van der Waals surface area contributed by atoms with Crippen molar-refractivity contribution in [2.75, 3.05) is 11.4 Å². The van der Waals surface area contributed by atoms with Crippen LogP contribution in [0.25, 0.3) is 0 Å². The fourth-order valence-corrected chi connectivity index (χ4v) is 2.64. The van der Waals surface area contributed by atoms with Crippen LogP contribution in [-0.4, -0.2) is 29.5 Å². The number of halogens is 1. The molecule has 1 saturated heterocycles.